The van der Waals surface area contributed by atoms with Gasteiger partial charge >= 0.3 is 0 Å². The van der Waals surface area contributed by atoms with Crippen LogP contribution in [-0.4, -0.2) is 24.3 Å². The molecular formula is C27H30N4O3. The summed E-state index contributed by atoms with van der Waals surface area (Å²) in [6, 6.07) is 24.1. The van der Waals surface area contributed by atoms with E-state index in [-0.39, 0.29) is 30.2 Å². The van der Waals surface area contributed by atoms with Crippen molar-refractivity contribution in [3.8, 4) is 0 Å². The van der Waals surface area contributed by atoms with E-state index in [0.717, 1.165) is 11.3 Å². The molecule has 3 rings (SSSR count). The van der Waals surface area contributed by atoms with Crippen LogP contribution in [0.5, 0.6) is 0 Å². The molecule has 7 heteroatoms. The van der Waals surface area contributed by atoms with Gasteiger partial charge in [-0.05, 0) is 54.4 Å². The standard InChI is InChI=1S/C27H30N4O3/c1-19(2)27(34)31-24-10-6-9-23(17-24)30-26(33)18-28-21-12-14-22(15-13-21)29-25(32)16-11-20-7-4-3-5-8-20/h3-10,12-15,17,19,28H,11,16,18H2,1-2H3,(H,29,32)(H,30,33)(H,31,34). The Kier molecular flexibility index (Phi) is 8.80. The lowest BCUT2D eigenvalue weighted by molar-refractivity contribution is -0.119. The first kappa shape index (κ1) is 24.5. The number of carbonyl (C=O) groups excluding carboxylic acids is 3. The molecule has 34 heavy (non-hydrogen) atoms. The molecule has 0 unspecified atom stereocenters. The number of hydrogen-bond donors (Lipinski definition) is 4. The Morgan fingerprint density at radius 1 is 0.676 bits per heavy atom. The molecule has 0 aliphatic carbocycles. The maximum absolute atomic E-state index is 12.3. The van der Waals surface area contributed by atoms with Gasteiger partial charge in [0, 0.05) is 35.1 Å². The summed E-state index contributed by atoms with van der Waals surface area (Å²) in [7, 11) is 0. The SMILES string of the molecule is CC(C)C(=O)Nc1cccc(NC(=O)CNc2ccc(NC(=O)CCc3ccccc3)cc2)c1. The number of anilines is 4. The highest BCUT2D eigenvalue weighted by molar-refractivity contribution is 5.96. The topological polar surface area (TPSA) is 99.3 Å². The molecule has 0 aliphatic rings. The second kappa shape index (κ2) is 12.2. The molecule has 0 saturated carbocycles. The second-order valence-electron chi connectivity index (χ2n) is 8.24. The summed E-state index contributed by atoms with van der Waals surface area (Å²) in [5.74, 6) is -0.473. The Hall–Kier alpha value is -4.13. The lowest BCUT2D eigenvalue weighted by atomic mass is 10.1. The normalized spacial score (nSPS) is 10.4. The molecule has 3 aromatic carbocycles. The van der Waals surface area contributed by atoms with E-state index in [1.54, 1.807) is 36.4 Å². The van der Waals surface area contributed by atoms with Gasteiger partial charge in [-0.15, -0.1) is 0 Å². The second-order valence-corrected chi connectivity index (χ2v) is 8.24. The molecule has 0 bridgehead atoms. The zero-order chi connectivity index (χ0) is 24.3. The first-order valence-corrected chi connectivity index (χ1v) is 11.3. The molecule has 3 amide bonds. The van der Waals surface area contributed by atoms with E-state index < -0.39 is 0 Å². The minimum absolute atomic E-state index is 0.0456. The third-order valence-corrected chi connectivity index (χ3v) is 5.04. The lowest BCUT2D eigenvalue weighted by Crippen LogP contribution is -2.22. The van der Waals surface area contributed by atoms with Crippen molar-refractivity contribution in [3.63, 3.8) is 0 Å². The molecule has 0 radical (unpaired) electrons. The van der Waals surface area contributed by atoms with Crippen LogP contribution in [0.1, 0.15) is 25.8 Å². The van der Waals surface area contributed by atoms with Crippen molar-refractivity contribution in [1.29, 1.82) is 0 Å². The minimum atomic E-state index is -0.217. The fourth-order valence-corrected chi connectivity index (χ4v) is 3.15. The fourth-order valence-electron chi connectivity index (χ4n) is 3.15. The Bertz CT molecular complexity index is 1110. The predicted octanol–water partition coefficient (Wildman–Crippen LogP) is 4.90. The number of aryl methyl sites for hydroxylation is 1. The van der Waals surface area contributed by atoms with E-state index in [1.807, 2.05) is 56.3 Å². The van der Waals surface area contributed by atoms with Gasteiger partial charge in [0.15, 0.2) is 0 Å². The van der Waals surface area contributed by atoms with Crippen molar-refractivity contribution in [3.05, 3.63) is 84.4 Å². The largest absolute Gasteiger partial charge is 0.376 e. The van der Waals surface area contributed by atoms with Crippen LogP contribution in [-0.2, 0) is 20.8 Å². The van der Waals surface area contributed by atoms with Gasteiger partial charge in [-0.1, -0.05) is 50.2 Å². The molecular weight excluding hydrogens is 428 g/mol. The van der Waals surface area contributed by atoms with E-state index in [9.17, 15) is 14.4 Å². The zero-order valence-electron chi connectivity index (χ0n) is 19.4. The van der Waals surface area contributed by atoms with Gasteiger partial charge in [0.25, 0.3) is 0 Å². The third kappa shape index (κ3) is 8.09. The molecule has 3 aromatic rings. The Morgan fingerprint density at radius 2 is 1.29 bits per heavy atom. The molecule has 176 valence electrons. The number of nitrogens with one attached hydrogen (secondary N) is 4. The van der Waals surface area contributed by atoms with E-state index in [4.69, 9.17) is 0 Å². The number of carbonyl (C=O) groups is 3. The van der Waals surface area contributed by atoms with E-state index in [0.29, 0.717) is 29.9 Å². The van der Waals surface area contributed by atoms with Crippen LogP contribution in [0.2, 0.25) is 0 Å². The van der Waals surface area contributed by atoms with Crippen molar-refractivity contribution < 1.29 is 14.4 Å². The van der Waals surface area contributed by atoms with Crippen LogP contribution in [0.25, 0.3) is 0 Å². The van der Waals surface area contributed by atoms with E-state index in [2.05, 4.69) is 21.3 Å². The minimum Gasteiger partial charge on any atom is -0.376 e. The van der Waals surface area contributed by atoms with Crippen LogP contribution < -0.4 is 21.3 Å². The van der Waals surface area contributed by atoms with E-state index >= 15 is 0 Å². The smallest absolute Gasteiger partial charge is 0.243 e. The Morgan fingerprint density at radius 3 is 1.97 bits per heavy atom. The average Bonchev–Trinajstić information content (AvgIpc) is 2.83. The lowest BCUT2D eigenvalue weighted by Gasteiger charge is -2.11. The summed E-state index contributed by atoms with van der Waals surface area (Å²) in [5.41, 5.74) is 3.82. The summed E-state index contributed by atoms with van der Waals surface area (Å²) < 4.78 is 0. The van der Waals surface area contributed by atoms with Crippen molar-refractivity contribution >= 4 is 40.5 Å². The van der Waals surface area contributed by atoms with Crippen LogP contribution >= 0.6 is 0 Å². The molecule has 7 nitrogen and oxygen atoms in total. The summed E-state index contributed by atoms with van der Waals surface area (Å²) in [6.45, 7) is 3.71. The van der Waals surface area contributed by atoms with Crippen LogP contribution in [0.4, 0.5) is 22.7 Å². The molecule has 0 spiro atoms. The molecule has 0 atom stereocenters. The summed E-state index contributed by atoms with van der Waals surface area (Å²) in [5, 5.41) is 11.6. The number of amides is 3. The predicted molar refractivity (Wildman–Crippen MR) is 137 cm³/mol. The van der Waals surface area contributed by atoms with Gasteiger partial charge in [-0.2, -0.15) is 0 Å². The van der Waals surface area contributed by atoms with Crippen LogP contribution in [0, 0.1) is 5.92 Å². The van der Waals surface area contributed by atoms with Crippen molar-refractivity contribution in [2.75, 3.05) is 27.8 Å². The molecule has 0 heterocycles. The first-order chi connectivity index (χ1) is 16.4. The molecule has 0 fully saturated rings. The highest BCUT2D eigenvalue weighted by Gasteiger charge is 2.09. The summed E-state index contributed by atoms with van der Waals surface area (Å²) in [4.78, 5) is 36.3. The van der Waals surface area contributed by atoms with Gasteiger partial charge in [0.1, 0.15) is 0 Å². The van der Waals surface area contributed by atoms with Gasteiger partial charge in [-0.3, -0.25) is 14.4 Å². The summed E-state index contributed by atoms with van der Waals surface area (Å²) in [6.07, 6.45) is 1.10. The number of hydrogen-bond acceptors (Lipinski definition) is 4. The monoisotopic (exact) mass is 458 g/mol. The maximum atomic E-state index is 12.3. The molecule has 0 saturated heterocycles. The van der Waals surface area contributed by atoms with Crippen LogP contribution in [0.15, 0.2) is 78.9 Å². The number of benzene rings is 3. The molecule has 0 aromatic heterocycles. The third-order valence-electron chi connectivity index (χ3n) is 5.04. The highest BCUT2D eigenvalue weighted by Crippen LogP contribution is 2.17. The van der Waals surface area contributed by atoms with Crippen molar-refractivity contribution in [2.45, 2.75) is 26.7 Å². The summed E-state index contributed by atoms with van der Waals surface area (Å²) >= 11 is 0. The number of rotatable bonds is 10. The zero-order valence-corrected chi connectivity index (χ0v) is 19.4. The molecule has 0 aliphatic heterocycles. The van der Waals surface area contributed by atoms with Gasteiger partial charge in [0.2, 0.25) is 17.7 Å². The maximum Gasteiger partial charge on any atom is 0.243 e. The molecule has 4 N–H and O–H groups in total. The fraction of sp³-hybridized carbons (Fsp3) is 0.222. The van der Waals surface area contributed by atoms with Gasteiger partial charge in [0.05, 0.1) is 6.54 Å². The highest BCUT2D eigenvalue weighted by atomic mass is 16.2. The van der Waals surface area contributed by atoms with Crippen molar-refractivity contribution in [1.82, 2.24) is 0 Å². The van der Waals surface area contributed by atoms with Crippen molar-refractivity contribution in [2.24, 2.45) is 5.92 Å². The first-order valence-electron chi connectivity index (χ1n) is 11.3. The van der Waals surface area contributed by atoms with Crippen LogP contribution in [0.3, 0.4) is 0 Å². The Balaban J connectivity index is 1.43. The van der Waals surface area contributed by atoms with Gasteiger partial charge in [-0.25, -0.2) is 0 Å². The average molecular weight is 459 g/mol. The van der Waals surface area contributed by atoms with Gasteiger partial charge < -0.3 is 21.3 Å². The quantitative estimate of drug-likeness (QED) is 0.347. The van der Waals surface area contributed by atoms with E-state index in [1.165, 1.54) is 0 Å². The Labute approximate surface area is 200 Å².